The maximum absolute atomic E-state index is 13.0. The molecular formula is C19H17N3O3S. The number of hydrogen-bond acceptors (Lipinski definition) is 4. The molecule has 0 spiro atoms. The van der Waals surface area contributed by atoms with Crippen molar-refractivity contribution in [2.45, 2.75) is 29.2 Å². The molecule has 0 radical (unpaired) electrons. The average Bonchev–Trinajstić information content (AvgIpc) is 3.16. The van der Waals surface area contributed by atoms with E-state index in [2.05, 4.69) is 4.98 Å². The van der Waals surface area contributed by atoms with E-state index >= 15 is 0 Å². The summed E-state index contributed by atoms with van der Waals surface area (Å²) in [5, 5.41) is 0. The summed E-state index contributed by atoms with van der Waals surface area (Å²) in [6.45, 7) is 0.682. The zero-order chi connectivity index (χ0) is 18.1. The molecule has 3 aromatic rings. The molecule has 4 rings (SSSR count). The second-order valence-corrected chi connectivity index (χ2v) is 7.96. The molecule has 0 unspecified atom stereocenters. The highest BCUT2D eigenvalue weighted by molar-refractivity contribution is 7.92. The number of imidazole rings is 1. The van der Waals surface area contributed by atoms with Crippen molar-refractivity contribution >= 4 is 27.1 Å². The van der Waals surface area contributed by atoms with Crippen molar-refractivity contribution in [1.29, 1.82) is 0 Å². The molecule has 0 saturated carbocycles. The number of anilines is 2. The first kappa shape index (κ1) is 16.5. The number of aryl methyl sites for hydroxylation is 1. The summed E-state index contributed by atoms with van der Waals surface area (Å²) >= 11 is 0. The zero-order valence-electron chi connectivity index (χ0n) is 13.9. The number of amides is 1. The third kappa shape index (κ3) is 2.70. The number of hydrogen-bond donors (Lipinski definition) is 0. The van der Waals surface area contributed by atoms with Crippen LogP contribution < -0.4 is 4.90 Å². The van der Waals surface area contributed by atoms with Gasteiger partial charge < -0.3 is 4.57 Å². The van der Waals surface area contributed by atoms with E-state index in [1.165, 1.54) is 4.90 Å². The fourth-order valence-corrected chi connectivity index (χ4v) is 4.82. The van der Waals surface area contributed by atoms with Crippen LogP contribution in [0.2, 0.25) is 0 Å². The third-order valence-corrected chi connectivity index (χ3v) is 6.26. The van der Waals surface area contributed by atoms with Gasteiger partial charge in [-0.2, -0.15) is 0 Å². The van der Waals surface area contributed by atoms with Gasteiger partial charge in [-0.05, 0) is 30.7 Å². The van der Waals surface area contributed by atoms with Crippen LogP contribution in [0, 0.1) is 0 Å². The van der Waals surface area contributed by atoms with Crippen LogP contribution in [0.3, 0.4) is 0 Å². The van der Waals surface area contributed by atoms with Crippen molar-refractivity contribution in [1.82, 2.24) is 9.55 Å². The minimum atomic E-state index is -3.63. The van der Waals surface area contributed by atoms with Crippen LogP contribution in [0.15, 0.2) is 77.0 Å². The van der Waals surface area contributed by atoms with Gasteiger partial charge in [0.15, 0.2) is 0 Å². The second kappa shape index (κ2) is 6.42. The summed E-state index contributed by atoms with van der Waals surface area (Å²) in [5.74, 6) is -0.125. The van der Waals surface area contributed by atoms with E-state index in [4.69, 9.17) is 0 Å². The molecule has 0 fully saturated rings. The van der Waals surface area contributed by atoms with Gasteiger partial charge in [0.05, 0.1) is 27.5 Å². The van der Waals surface area contributed by atoms with Crippen molar-refractivity contribution in [3.63, 3.8) is 0 Å². The number of benzene rings is 2. The Labute approximate surface area is 151 Å². The van der Waals surface area contributed by atoms with Crippen molar-refractivity contribution in [2.24, 2.45) is 0 Å². The fourth-order valence-electron chi connectivity index (χ4n) is 3.20. The van der Waals surface area contributed by atoms with Crippen molar-refractivity contribution < 1.29 is 13.2 Å². The van der Waals surface area contributed by atoms with Crippen molar-refractivity contribution in [3.8, 4) is 0 Å². The highest BCUT2D eigenvalue weighted by atomic mass is 32.2. The van der Waals surface area contributed by atoms with E-state index < -0.39 is 9.84 Å². The predicted octanol–water partition coefficient (Wildman–Crippen LogP) is 3.17. The molecule has 0 saturated heterocycles. The topological polar surface area (TPSA) is 72.3 Å². The smallest absolute Gasteiger partial charge is 0.231 e. The number of aromatic nitrogens is 2. The number of para-hydroxylation sites is 2. The summed E-state index contributed by atoms with van der Waals surface area (Å²) < 4.78 is 27.7. The number of sulfone groups is 1. The molecule has 7 heteroatoms. The molecular weight excluding hydrogens is 350 g/mol. The Balaban J connectivity index is 1.69. The Hall–Kier alpha value is -2.93. The SMILES string of the molecule is O=C(CCCn1ccnc1)N1c2ccccc2S(=O)(=O)c2ccccc21. The molecule has 0 atom stereocenters. The summed E-state index contributed by atoms with van der Waals surface area (Å²) in [4.78, 5) is 18.8. The first-order chi connectivity index (χ1) is 12.6. The summed E-state index contributed by atoms with van der Waals surface area (Å²) in [7, 11) is -3.63. The van der Waals surface area contributed by atoms with Gasteiger partial charge >= 0.3 is 0 Å². The van der Waals surface area contributed by atoms with Crippen LogP contribution in [-0.4, -0.2) is 23.9 Å². The molecule has 26 heavy (non-hydrogen) atoms. The lowest BCUT2D eigenvalue weighted by Gasteiger charge is -2.31. The average molecular weight is 367 g/mol. The first-order valence-electron chi connectivity index (χ1n) is 8.31. The number of carbonyl (C=O) groups excluding carboxylic acids is 1. The zero-order valence-corrected chi connectivity index (χ0v) is 14.8. The van der Waals surface area contributed by atoms with E-state index in [9.17, 15) is 13.2 Å². The van der Waals surface area contributed by atoms with Crippen LogP contribution in [0.1, 0.15) is 12.8 Å². The van der Waals surface area contributed by atoms with Crippen LogP contribution in [0.4, 0.5) is 11.4 Å². The molecule has 1 aliphatic heterocycles. The highest BCUT2D eigenvalue weighted by Crippen LogP contribution is 2.44. The van der Waals surface area contributed by atoms with Gasteiger partial charge in [-0.1, -0.05) is 24.3 Å². The molecule has 0 N–H and O–H groups in total. The maximum Gasteiger partial charge on any atom is 0.231 e. The normalized spacial score (nSPS) is 14.5. The monoisotopic (exact) mass is 367 g/mol. The van der Waals surface area contributed by atoms with Crippen LogP contribution in [-0.2, 0) is 21.2 Å². The summed E-state index contributed by atoms with van der Waals surface area (Å²) in [5.41, 5.74) is 0.831. The molecule has 1 aromatic heterocycles. The quantitative estimate of drug-likeness (QED) is 0.710. The van der Waals surface area contributed by atoms with Gasteiger partial charge in [0.25, 0.3) is 0 Å². The number of fused-ring (bicyclic) bond motifs is 2. The van der Waals surface area contributed by atoms with Crippen LogP contribution in [0.5, 0.6) is 0 Å². The molecule has 6 nitrogen and oxygen atoms in total. The van der Waals surface area contributed by atoms with Crippen molar-refractivity contribution in [2.75, 3.05) is 4.90 Å². The van der Waals surface area contributed by atoms with E-state index in [0.717, 1.165) is 0 Å². The molecule has 1 aliphatic rings. The first-order valence-corrected chi connectivity index (χ1v) is 9.79. The summed E-state index contributed by atoms with van der Waals surface area (Å²) in [6, 6.07) is 13.3. The minimum absolute atomic E-state index is 0.125. The fraction of sp³-hybridized carbons (Fsp3) is 0.158. The molecule has 132 valence electrons. The van der Waals surface area contributed by atoms with E-state index in [0.29, 0.717) is 30.8 Å². The molecule has 2 heterocycles. The Morgan fingerprint density at radius 1 is 0.962 bits per heavy atom. The number of rotatable bonds is 4. The lowest BCUT2D eigenvalue weighted by molar-refractivity contribution is -0.118. The lowest BCUT2D eigenvalue weighted by Crippen LogP contribution is -2.31. The highest BCUT2D eigenvalue weighted by Gasteiger charge is 2.36. The maximum atomic E-state index is 13.0. The summed E-state index contributed by atoms with van der Waals surface area (Å²) in [6.07, 6.45) is 6.21. The standard InChI is InChI=1S/C19H17N3O3S/c23-19(10-5-12-21-13-11-20-14-21)22-15-6-1-3-8-17(15)26(24,25)18-9-4-2-7-16(18)22/h1-4,6-9,11,13-14H,5,10,12H2. The largest absolute Gasteiger partial charge is 0.337 e. The van der Waals surface area contributed by atoms with Gasteiger partial charge in [0.2, 0.25) is 15.7 Å². The number of nitrogens with zero attached hydrogens (tertiary/aromatic N) is 3. The predicted molar refractivity (Wildman–Crippen MR) is 96.9 cm³/mol. The Morgan fingerprint density at radius 2 is 1.58 bits per heavy atom. The van der Waals surface area contributed by atoms with Gasteiger partial charge in [0, 0.05) is 25.4 Å². The lowest BCUT2D eigenvalue weighted by atomic mass is 10.2. The van der Waals surface area contributed by atoms with Gasteiger partial charge in [0.1, 0.15) is 0 Å². The Bertz CT molecular complexity index is 1010. The molecule has 2 aromatic carbocycles. The van der Waals surface area contributed by atoms with E-state index in [1.807, 2.05) is 10.8 Å². The van der Waals surface area contributed by atoms with Gasteiger partial charge in [-0.25, -0.2) is 13.4 Å². The van der Waals surface area contributed by atoms with Crippen LogP contribution in [0.25, 0.3) is 0 Å². The van der Waals surface area contributed by atoms with Crippen molar-refractivity contribution in [3.05, 3.63) is 67.3 Å². The third-order valence-electron chi connectivity index (χ3n) is 4.41. The molecule has 0 aliphatic carbocycles. The molecule has 0 bridgehead atoms. The number of carbonyl (C=O) groups is 1. The second-order valence-electron chi connectivity index (χ2n) is 6.07. The Kier molecular flexibility index (Phi) is 4.08. The minimum Gasteiger partial charge on any atom is -0.337 e. The molecule has 1 amide bonds. The van der Waals surface area contributed by atoms with Gasteiger partial charge in [-0.3, -0.25) is 9.69 Å². The van der Waals surface area contributed by atoms with E-state index in [1.54, 1.807) is 61.1 Å². The Morgan fingerprint density at radius 3 is 2.15 bits per heavy atom. The van der Waals surface area contributed by atoms with Crippen LogP contribution >= 0.6 is 0 Å². The van der Waals surface area contributed by atoms with E-state index in [-0.39, 0.29) is 15.7 Å². The van der Waals surface area contributed by atoms with Gasteiger partial charge in [-0.15, -0.1) is 0 Å².